The first kappa shape index (κ1) is 14.4. The van der Waals surface area contributed by atoms with Crippen LogP contribution < -0.4 is 5.32 Å². The lowest BCUT2D eigenvalue weighted by molar-refractivity contribution is 0.693. The molecule has 1 N–H and O–H groups in total. The summed E-state index contributed by atoms with van der Waals surface area (Å²) in [5, 5.41) is 4.22. The third-order valence-corrected chi connectivity index (χ3v) is 3.69. The highest BCUT2D eigenvalue weighted by Gasteiger charge is 2.00. The Morgan fingerprint density at radius 2 is 1.63 bits per heavy atom. The second-order valence-corrected chi connectivity index (χ2v) is 5.32. The van der Waals surface area contributed by atoms with Crippen molar-refractivity contribution < 1.29 is 0 Å². The van der Waals surface area contributed by atoms with Gasteiger partial charge in [-0.2, -0.15) is 0 Å². The number of rotatable bonds is 5. The average Bonchev–Trinajstić information content (AvgIpc) is 2.42. The van der Waals surface area contributed by atoms with Gasteiger partial charge in [-0.15, -0.1) is 11.6 Å². The molecule has 0 aliphatic rings. The molecule has 19 heavy (non-hydrogen) atoms. The van der Waals surface area contributed by atoms with Crippen LogP contribution in [0.2, 0.25) is 5.02 Å². The van der Waals surface area contributed by atoms with E-state index in [2.05, 4.69) is 41.7 Å². The summed E-state index contributed by atoms with van der Waals surface area (Å²) in [6, 6.07) is 14.5. The van der Waals surface area contributed by atoms with Crippen LogP contribution in [0.3, 0.4) is 0 Å². The minimum absolute atomic E-state index is 0.562. The Labute approximate surface area is 124 Å². The van der Waals surface area contributed by atoms with Gasteiger partial charge in [0.1, 0.15) is 0 Å². The van der Waals surface area contributed by atoms with E-state index in [0.717, 1.165) is 29.2 Å². The fourth-order valence-corrected chi connectivity index (χ4v) is 2.36. The average molecular weight is 294 g/mol. The Bertz CT molecular complexity index is 535. The van der Waals surface area contributed by atoms with Crippen molar-refractivity contribution in [1.82, 2.24) is 5.32 Å². The van der Waals surface area contributed by atoms with Crippen molar-refractivity contribution in [3.63, 3.8) is 0 Å². The van der Waals surface area contributed by atoms with E-state index in [1.54, 1.807) is 0 Å². The third-order valence-electron chi connectivity index (χ3n) is 3.03. The Kier molecular flexibility index (Phi) is 5.26. The van der Waals surface area contributed by atoms with Crippen molar-refractivity contribution in [2.75, 3.05) is 0 Å². The van der Waals surface area contributed by atoms with E-state index in [1.165, 1.54) is 11.1 Å². The number of alkyl halides is 1. The fraction of sp³-hybridized carbons (Fsp3) is 0.250. The molecule has 0 bridgehead atoms. The molecular formula is C16H17Cl2N. The van der Waals surface area contributed by atoms with Crippen LogP contribution in [0.5, 0.6) is 0 Å². The third kappa shape index (κ3) is 4.24. The predicted octanol–water partition coefficient (Wildman–Crippen LogP) is 4.68. The molecule has 0 aliphatic carbocycles. The van der Waals surface area contributed by atoms with E-state index in [0.29, 0.717) is 5.88 Å². The zero-order chi connectivity index (χ0) is 13.7. The van der Waals surface area contributed by atoms with E-state index in [9.17, 15) is 0 Å². The standard InChI is InChI=1S/C16H17Cl2N/c1-12-2-7-15(16(18)8-12)11-19-10-14-5-3-13(9-17)4-6-14/h2-8,19H,9-11H2,1H3. The molecule has 100 valence electrons. The molecule has 0 aliphatic heterocycles. The topological polar surface area (TPSA) is 12.0 Å². The van der Waals surface area contributed by atoms with E-state index >= 15 is 0 Å². The van der Waals surface area contributed by atoms with Gasteiger partial charge in [0, 0.05) is 24.0 Å². The summed E-state index contributed by atoms with van der Waals surface area (Å²) in [6.07, 6.45) is 0. The van der Waals surface area contributed by atoms with Crippen LogP contribution in [-0.4, -0.2) is 0 Å². The zero-order valence-electron chi connectivity index (χ0n) is 10.9. The molecule has 2 rings (SSSR count). The van der Waals surface area contributed by atoms with Gasteiger partial charge in [0.05, 0.1) is 0 Å². The Morgan fingerprint density at radius 3 is 2.26 bits per heavy atom. The van der Waals surface area contributed by atoms with Crippen molar-refractivity contribution in [2.45, 2.75) is 25.9 Å². The second kappa shape index (κ2) is 6.95. The molecule has 0 atom stereocenters. The van der Waals surface area contributed by atoms with Gasteiger partial charge in [-0.3, -0.25) is 0 Å². The number of benzene rings is 2. The second-order valence-electron chi connectivity index (χ2n) is 4.65. The quantitative estimate of drug-likeness (QED) is 0.790. The number of halogens is 2. The predicted molar refractivity (Wildman–Crippen MR) is 82.7 cm³/mol. The normalized spacial score (nSPS) is 10.7. The molecule has 0 aromatic heterocycles. The summed E-state index contributed by atoms with van der Waals surface area (Å²) in [5.74, 6) is 0.562. The lowest BCUT2D eigenvalue weighted by Gasteiger charge is -2.08. The molecule has 3 heteroatoms. The number of nitrogens with one attached hydrogen (secondary N) is 1. The smallest absolute Gasteiger partial charge is 0.0474 e. The van der Waals surface area contributed by atoms with E-state index in [-0.39, 0.29) is 0 Å². The molecular weight excluding hydrogens is 277 g/mol. The molecule has 0 radical (unpaired) electrons. The van der Waals surface area contributed by atoms with Crippen LogP contribution in [0, 0.1) is 6.92 Å². The van der Waals surface area contributed by atoms with Crippen LogP contribution >= 0.6 is 23.2 Å². The van der Waals surface area contributed by atoms with Crippen LogP contribution in [0.25, 0.3) is 0 Å². The molecule has 0 unspecified atom stereocenters. The van der Waals surface area contributed by atoms with Gasteiger partial charge < -0.3 is 5.32 Å². The highest BCUT2D eigenvalue weighted by atomic mass is 35.5. The van der Waals surface area contributed by atoms with Crippen molar-refractivity contribution >= 4 is 23.2 Å². The molecule has 0 saturated carbocycles. The van der Waals surface area contributed by atoms with E-state index in [1.807, 2.05) is 13.0 Å². The Morgan fingerprint density at radius 1 is 0.947 bits per heavy atom. The highest BCUT2D eigenvalue weighted by Crippen LogP contribution is 2.17. The van der Waals surface area contributed by atoms with Crippen LogP contribution in [0.4, 0.5) is 0 Å². The van der Waals surface area contributed by atoms with Crippen molar-refractivity contribution in [1.29, 1.82) is 0 Å². The molecule has 0 amide bonds. The number of hydrogen-bond donors (Lipinski definition) is 1. The monoisotopic (exact) mass is 293 g/mol. The SMILES string of the molecule is Cc1ccc(CNCc2ccc(CCl)cc2)c(Cl)c1. The van der Waals surface area contributed by atoms with Gasteiger partial charge in [0.25, 0.3) is 0 Å². The van der Waals surface area contributed by atoms with Crippen LogP contribution in [0.1, 0.15) is 22.3 Å². The van der Waals surface area contributed by atoms with E-state index in [4.69, 9.17) is 23.2 Å². The zero-order valence-corrected chi connectivity index (χ0v) is 12.4. The lowest BCUT2D eigenvalue weighted by atomic mass is 10.1. The molecule has 0 heterocycles. The Hall–Kier alpha value is -1.02. The van der Waals surface area contributed by atoms with Gasteiger partial charge in [0.2, 0.25) is 0 Å². The highest BCUT2D eigenvalue weighted by molar-refractivity contribution is 6.31. The van der Waals surface area contributed by atoms with Crippen LogP contribution in [-0.2, 0) is 19.0 Å². The van der Waals surface area contributed by atoms with Gasteiger partial charge in [-0.25, -0.2) is 0 Å². The van der Waals surface area contributed by atoms with Crippen molar-refractivity contribution in [2.24, 2.45) is 0 Å². The summed E-state index contributed by atoms with van der Waals surface area (Å²) >= 11 is 12.0. The van der Waals surface area contributed by atoms with Gasteiger partial charge in [0.15, 0.2) is 0 Å². The molecule has 2 aromatic carbocycles. The molecule has 1 nitrogen and oxygen atoms in total. The molecule has 0 saturated heterocycles. The van der Waals surface area contributed by atoms with Gasteiger partial charge in [-0.05, 0) is 35.2 Å². The maximum atomic E-state index is 6.20. The summed E-state index contributed by atoms with van der Waals surface area (Å²) in [4.78, 5) is 0. The summed E-state index contributed by atoms with van der Waals surface area (Å²) in [7, 11) is 0. The first-order chi connectivity index (χ1) is 9.19. The number of hydrogen-bond acceptors (Lipinski definition) is 1. The minimum Gasteiger partial charge on any atom is -0.309 e. The van der Waals surface area contributed by atoms with Crippen LogP contribution in [0.15, 0.2) is 42.5 Å². The summed E-state index contributed by atoms with van der Waals surface area (Å²) in [5.41, 5.74) is 4.71. The molecule has 0 fully saturated rings. The first-order valence-electron chi connectivity index (χ1n) is 6.28. The van der Waals surface area contributed by atoms with Gasteiger partial charge >= 0.3 is 0 Å². The summed E-state index contributed by atoms with van der Waals surface area (Å²) < 4.78 is 0. The first-order valence-corrected chi connectivity index (χ1v) is 7.20. The number of aryl methyl sites for hydroxylation is 1. The summed E-state index contributed by atoms with van der Waals surface area (Å²) in [6.45, 7) is 3.64. The van der Waals surface area contributed by atoms with Crippen molar-refractivity contribution in [3.05, 3.63) is 69.7 Å². The maximum Gasteiger partial charge on any atom is 0.0474 e. The van der Waals surface area contributed by atoms with E-state index < -0.39 is 0 Å². The minimum atomic E-state index is 0.562. The molecule has 2 aromatic rings. The lowest BCUT2D eigenvalue weighted by Crippen LogP contribution is -2.13. The molecule has 0 spiro atoms. The van der Waals surface area contributed by atoms with Gasteiger partial charge in [-0.1, -0.05) is 48.0 Å². The maximum absolute atomic E-state index is 6.20. The Balaban J connectivity index is 1.88. The fourth-order valence-electron chi connectivity index (χ4n) is 1.88. The van der Waals surface area contributed by atoms with Crippen molar-refractivity contribution in [3.8, 4) is 0 Å². The largest absolute Gasteiger partial charge is 0.309 e.